The molecule has 3 saturated heterocycles. The number of likely N-dealkylation sites (N-methyl/N-ethyl adjacent to an activating group) is 1. The summed E-state index contributed by atoms with van der Waals surface area (Å²) in [6.07, 6.45) is 4.15. The maximum atomic E-state index is 13.2. The van der Waals surface area contributed by atoms with Crippen LogP contribution < -0.4 is 5.32 Å². The minimum atomic E-state index is -0.00952. The number of carbonyl (C=O) groups excluding carboxylic acids is 2. The lowest BCUT2D eigenvalue weighted by Gasteiger charge is -2.50. The predicted octanol–water partition coefficient (Wildman–Crippen LogP) is 1.83. The van der Waals surface area contributed by atoms with Gasteiger partial charge in [-0.25, -0.2) is 0 Å². The number of anilines is 1. The molecule has 6 rings (SSSR count). The number of nitrogens with zero attached hydrogens (tertiary/aromatic N) is 3. The summed E-state index contributed by atoms with van der Waals surface area (Å²) in [4.78, 5) is 29.5. The van der Waals surface area contributed by atoms with Gasteiger partial charge in [-0.3, -0.25) is 19.6 Å². The van der Waals surface area contributed by atoms with Gasteiger partial charge < -0.3 is 10.2 Å². The zero-order valence-electron chi connectivity index (χ0n) is 14.9. The number of nitrogens with one attached hydrogen (secondary N) is 2. The van der Waals surface area contributed by atoms with Crippen LogP contribution in [0.3, 0.4) is 0 Å². The molecule has 2 N–H and O–H groups in total. The molecule has 1 saturated carbocycles. The van der Waals surface area contributed by atoms with Gasteiger partial charge in [-0.2, -0.15) is 5.10 Å². The highest BCUT2D eigenvalue weighted by Crippen LogP contribution is 2.32. The van der Waals surface area contributed by atoms with Gasteiger partial charge in [0.2, 0.25) is 5.91 Å². The Balaban J connectivity index is 1.43. The molecule has 1 aliphatic carbocycles. The average Bonchev–Trinajstić information content (AvgIpc) is 3.42. The number of H-pyrrole nitrogens is 1. The number of aromatic amines is 1. The molecule has 0 radical (unpaired) electrons. The van der Waals surface area contributed by atoms with Gasteiger partial charge in [0, 0.05) is 42.2 Å². The number of hydrogen-bond acceptors (Lipinski definition) is 4. The van der Waals surface area contributed by atoms with E-state index in [9.17, 15) is 9.59 Å². The lowest BCUT2D eigenvalue weighted by Crippen LogP contribution is -2.62. The van der Waals surface area contributed by atoms with E-state index in [1.54, 1.807) is 0 Å². The van der Waals surface area contributed by atoms with Gasteiger partial charge in [-0.1, -0.05) is 0 Å². The minimum absolute atomic E-state index is 0.00952. The second kappa shape index (κ2) is 5.81. The van der Waals surface area contributed by atoms with Crippen LogP contribution in [-0.4, -0.2) is 64.0 Å². The third kappa shape index (κ3) is 2.58. The first kappa shape index (κ1) is 15.8. The molecule has 2 unspecified atom stereocenters. The minimum Gasteiger partial charge on any atom is -0.331 e. The lowest BCUT2D eigenvalue weighted by molar-refractivity contribution is -0.117. The van der Waals surface area contributed by atoms with Gasteiger partial charge in [0.25, 0.3) is 5.91 Å². The molecule has 2 aromatic rings. The van der Waals surface area contributed by atoms with Gasteiger partial charge in [-0.05, 0) is 50.9 Å². The van der Waals surface area contributed by atoms with E-state index in [2.05, 4.69) is 27.5 Å². The molecular formula is C19H23N5O2. The number of fused-ring (bicyclic) bond motifs is 4. The summed E-state index contributed by atoms with van der Waals surface area (Å²) in [5, 5.41) is 11.0. The van der Waals surface area contributed by atoms with E-state index in [1.807, 2.05) is 23.1 Å². The summed E-state index contributed by atoms with van der Waals surface area (Å²) in [5.41, 5.74) is 2.00. The van der Waals surface area contributed by atoms with Crippen molar-refractivity contribution in [1.29, 1.82) is 0 Å². The summed E-state index contributed by atoms with van der Waals surface area (Å²) < 4.78 is 0. The highest BCUT2D eigenvalue weighted by Gasteiger charge is 2.40. The van der Waals surface area contributed by atoms with Gasteiger partial charge in [0.15, 0.2) is 5.69 Å². The first-order valence-corrected chi connectivity index (χ1v) is 9.40. The van der Waals surface area contributed by atoms with Crippen molar-refractivity contribution < 1.29 is 9.59 Å². The number of rotatable bonds is 3. The number of aromatic nitrogens is 2. The fourth-order valence-corrected chi connectivity index (χ4v) is 4.27. The molecule has 7 nitrogen and oxygen atoms in total. The lowest BCUT2D eigenvalue weighted by atomic mass is 9.91. The molecular weight excluding hydrogens is 330 g/mol. The highest BCUT2D eigenvalue weighted by atomic mass is 16.2. The molecule has 1 aromatic heterocycles. The number of carbonyl (C=O) groups is 2. The van der Waals surface area contributed by atoms with Gasteiger partial charge in [0.05, 0.1) is 5.52 Å². The van der Waals surface area contributed by atoms with Crippen LogP contribution in [0.4, 0.5) is 5.69 Å². The molecule has 4 aliphatic rings. The van der Waals surface area contributed by atoms with E-state index < -0.39 is 0 Å². The Morgan fingerprint density at radius 2 is 1.96 bits per heavy atom. The summed E-state index contributed by atoms with van der Waals surface area (Å²) >= 11 is 0. The van der Waals surface area contributed by atoms with Crippen LogP contribution in [0.15, 0.2) is 18.2 Å². The fraction of sp³-hybridized carbons (Fsp3) is 0.526. The molecule has 4 heterocycles. The van der Waals surface area contributed by atoms with Crippen LogP contribution in [0.2, 0.25) is 0 Å². The Hall–Kier alpha value is -2.41. The Labute approximate surface area is 151 Å². The van der Waals surface area contributed by atoms with Crippen molar-refractivity contribution in [1.82, 2.24) is 20.0 Å². The zero-order chi connectivity index (χ0) is 17.8. The number of piperidine rings is 2. The standard InChI is InChI=1S/C19H23N5O2/c1-23-9-14-6-5-13(23)10-24(14)19(26)17-15-8-12(4-7-16(15)21-22-17)20-18(25)11-2-3-11/h4,7-8,11,13-14H,2-3,5-6,9-10H2,1H3,(H,20,25)(H,21,22). The second-order valence-corrected chi connectivity index (χ2v) is 7.88. The van der Waals surface area contributed by atoms with Crippen molar-refractivity contribution in [2.75, 3.05) is 25.5 Å². The normalized spacial score (nSPS) is 25.7. The smallest absolute Gasteiger partial charge is 0.275 e. The third-order valence-corrected chi connectivity index (χ3v) is 6.05. The number of hydrogen-bond donors (Lipinski definition) is 2. The molecule has 1 aromatic carbocycles. The zero-order valence-corrected chi connectivity index (χ0v) is 14.9. The van der Waals surface area contributed by atoms with Crippen molar-refractivity contribution in [3.63, 3.8) is 0 Å². The molecule has 4 fully saturated rings. The highest BCUT2D eigenvalue weighted by molar-refractivity contribution is 6.06. The molecule has 0 spiro atoms. The number of piperazine rings is 1. The maximum Gasteiger partial charge on any atom is 0.275 e. The Morgan fingerprint density at radius 3 is 2.65 bits per heavy atom. The summed E-state index contributed by atoms with van der Waals surface area (Å²) in [7, 11) is 2.14. The SMILES string of the molecule is CN1CC2CCC1CN2C(=O)c1n[nH]c2ccc(NC(=O)C3CC3)cc12. The Morgan fingerprint density at radius 1 is 1.15 bits per heavy atom. The molecule has 2 atom stereocenters. The van der Waals surface area contributed by atoms with E-state index in [1.165, 1.54) is 0 Å². The van der Waals surface area contributed by atoms with Crippen molar-refractivity contribution in [2.45, 2.75) is 37.8 Å². The van der Waals surface area contributed by atoms with Crippen LogP contribution in [0.25, 0.3) is 10.9 Å². The van der Waals surface area contributed by atoms with E-state index >= 15 is 0 Å². The summed E-state index contributed by atoms with van der Waals surface area (Å²) in [5.74, 6) is 0.207. The van der Waals surface area contributed by atoms with Gasteiger partial charge in [0.1, 0.15) is 0 Å². The van der Waals surface area contributed by atoms with E-state index in [0.717, 1.165) is 55.4 Å². The number of amides is 2. The van der Waals surface area contributed by atoms with Gasteiger partial charge >= 0.3 is 0 Å². The Bertz CT molecular complexity index is 887. The van der Waals surface area contributed by atoms with Crippen LogP contribution in [0.1, 0.15) is 36.2 Å². The van der Waals surface area contributed by atoms with E-state index in [4.69, 9.17) is 0 Å². The third-order valence-electron chi connectivity index (χ3n) is 6.05. The topological polar surface area (TPSA) is 81.3 Å². The van der Waals surface area contributed by atoms with Crippen molar-refractivity contribution in [2.24, 2.45) is 5.92 Å². The van der Waals surface area contributed by atoms with E-state index in [0.29, 0.717) is 11.7 Å². The van der Waals surface area contributed by atoms with Crippen molar-refractivity contribution in [3.05, 3.63) is 23.9 Å². The molecule has 3 aliphatic heterocycles. The molecule has 2 amide bonds. The maximum absolute atomic E-state index is 13.2. The van der Waals surface area contributed by atoms with Crippen LogP contribution in [0.5, 0.6) is 0 Å². The fourth-order valence-electron chi connectivity index (χ4n) is 4.27. The predicted molar refractivity (Wildman–Crippen MR) is 97.9 cm³/mol. The molecule has 7 heteroatoms. The van der Waals surface area contributed by atoms with Crippen molar-refractivity contribution >= 4 is 28.4 Å². The molecule has 2 bridgehead atoms. The Kier molecular flexibility index (Phi) is 3.53. The summed E-state index contributed by atoms with van der Waals surface area (Å²) in [6, 6.07) is 6.30. The van der Waals surface area contributed by atoms with Crippen LogP contribution in [-0.2, 0) is 4.79 Å². The van der Waals surface area contributed by atoms with Crippen molar-refractivity contribution in [3.8, 4) is 0 Å². The van der Waals surface area contributed by atoms with Crippen LogP contribution >= 0.6 is 0 Å². The summed E-state index contributed by atoms with van der Waals surface area (Å²) in [6.45, 7) is 1.70. The average molecular weight is 353 g/mol. The first-order chi connectivity index (χ1) is 12.6. The quantitative estimate of drug-likeness (QED) is 0.882. The first-order valence-electron chi connectivity index (χ1n) is 9.40. The van der Waals surface area contributed by atoms with E-state index in [-0.39, 0.29) is 23.8 Å². The van der Waals surface area contributed by atoms with Gasteiger partial charge in [-0.15, -0.1) is 0 Å². The molecule has 26 heavy (non-hydrogen) atoms. The monoisotopic (exact) mass is 353 g/mol. The number of benzene rings is 1. The second-order valence-electron chi connectivity index (χ2n) is 7.88. The largest absolute Gasteiger partial charge is 0.331 e. The molecule has 136 valence electrons. The van der Waals surface area contributed by atoms with Crippen LogP contribution in [0, 0.1) is 5.92 Å².